The second-order valence-corrected chi connectivity index (χ2v) is 6.60. The molecule has 102 valence electrons. The summed E-state index contributed by atoms with van der Waals surface area (Å²) in [7, 11) is 0. The summed E-state index contributed by atoms with van der Waals surface area (Å²) >= 11 is 2.94. The van der Waals surface area contributed by atoms with Crippen molar-refractivity contribution in [3.63, 3.8) is 0 Å². The molecule has 0 aliphatic rings. The first-order valence-corrected chi connectivity index (χ1v) is 8.16. The summed E-state index contributed by atoms with van der Waals surface area (Å²) in [5.41, 5.74) is 4.46. The number of benzene rings is 1. The highest BCUT2D eigenvalue weighted by Gasteiger charge is 2.10. The Labute approximate surface area is 125 Å². The number of aromatic amines is 1. The van der Waals surface area contributed by atoms with Gasteiger partial charge in [-0.2, -0.15) is 0 Å². The number of fused-ring (bicyclic) bond motifs is 1. The van der Waals surface area contributed by atoms with Crippen LogP contribution in [-0.2, 0) is 0 Å². The highest BCUT2D eigenvalue weighted by Crippen LogP contribution is 2.23. The Bertz CT molecular complexity index is 721. The van der Waals surface area contributed by atoms with E-state index in [1.54, 1.807) is 0 Å². The van der Waals surface area contributed by atoms with E-state index in [0.29, 0.717) is 5.75 Å². The van der Waals surface area contributed by atoms with E-state index in [-0.39, 0.29) is 5.78 Å². The SMILES string of the molecule is Cc1cc2nc(SCC(=O)c3cccs3)[nH]c2cc1C. The Balaban J connectivity index is 1.76. The summed E-state index contributed by atoms with van der Waals surface area (Å²) in [6.07, 6.45) is 0. The number of rotatable bonds is 4. The molecular weight excluding hydrogens is 288 g/mol. The quantitative estimate of drug-likeness (QED) is 0.580. The van der Waals surface area contributed by atoms with E-state index < -0.39 is 0 Å². The largest absolute Gasteiger partial charge is 0.333 e. The third kappa shape index (κ3) is 2.64. The van der Waals surface area contributed by atoms with Crippen molar-refractivity contribution in [1.82, 2.24) is 9.97 Å². The summed E-state index contributed by atoms with van der Waals surface area (Å²) < 4.78 is 0. The second kappa shape index (κ2) is 5.42. The van der Waals surface area contributed by atoms with Gasteiger partial charge in [0, 0.05) is 0 Å². The Morgan fingerprint density at radius 2 is 2.15 bits per heavy atom. The minimum Gasteiger partial charge on any atom is -0.333 e. The Morgan fingerprint density at radius 1 is 1.35 bits per heavy atom. The highest BCUT2D eigenvalue weighted by atomic mass is 32.2. The van der Waals surface area contributed by atoms with Crippen LogP contribution in [0.2, 0.25) is 0 Å². The van der Waals surface area contributed by atoms with Crippen molar-refractivity contribution in [3.05, 3.63) is 45.6 Å². The molecule has 1 aromatic carbocycles. The van der Waals surface area contributed by atoms with E-state index in [2.05, 4.69) is 35.9 Å². The number of nitrogens with zero attached hydrogens (tertiary/aromatic N) is 1. The van der Waals surface area contributed by atoms with Crippen molar-refractivity contribution in [2.45, 2.75) is 19.0 Å². The fourth-order valence-corrected chi connectivity index (χ4v) is 3.48. The minimum atomic E-state index is 0.151. The lowest BCUT2D eigenvalue weighted by Crippen LogP contribution is -1.99. The Kier molecular flexibility index (Phi) is 3.63. The monoisotopic (exact) mass is 302 g/mol. The van der Waals surface area contributed by atoms with Crippen LogP contribution in [-0.4, -0.2) is 21.5 Å². The smallest absolute Gasteiger partial charge is 0.183 e. The molecule has 0 bridgehead atoms. The molecule has 3 nitrogen and oxygen atoms in total. The average molecular weight is 302 g/mol. The van der Waals surface area contributed by atoms with Crippen LogP contribution in [0.25, 0.3) is 11.0 Å². The summed E-state index contributed by atoms with van der Waals surface area (Å²) in [6, 6.07) is 7.93. The third-order valence-corrected chi connectivity index (χ3v) is 5.00. The van der Waals surface area contributed by atoms with Gasteiger partial charge in [-0.3, -0.25) is 4.79 Å². The van der Waals surface area contributed by atoms with Gasteiger partial charge in [-0.05, 0) is 48.6 Å². The van der Waals surface area contributed by atoms with E-state index in [0.717, 1.165) is 21.1 Å². The summed E-state index contributed by atoms with van der Waals surface area (Å²) in [5.74, 6) is 0.566. The van der Waals surface area contributed by atoms with E-state index in [1.807, 2.05) is 17.5 Å². The molecule has 0 spiro atoms. The van der Waals surface area contributed by atoms with Crippen LogP contribution in [0.1, 0.15) is 20.8 Å². The summed E-state index contributed by atoms with van der Waals surface area (Å²) in [6.45, 7) is 4.17. The van der Waals surface area contributed by atoms with Gasteiger partial charge in [0.25, 0.3) is 0 Å². The number of aryl methyl sites for hydroxylation is 2. The van der Waals surface area contributed by atoms with Crippen molar-refractivity contribution in [2.24, 2.45) is 0 Å². The van der Waals surface area contributed by atoms with Crippen LogP contribution in [0, 0.1) is 13.8 Å². The van der Waals surface area contributed by atoms with Gasteiger partial charge in [0.05, 0.1) is 21.7 Å². The molecule has 0 aliphatic carbocycles. The van der Waals surface area contributed by atoms with Crippen LogP contribution in [0.15, 0.2) is 34.8 Å². The number of ketones is 1. The average Bonchev–Trinajstić information content (AvgIpc) is 3.05. The molecular formula is C15H14N2OS2. The van der Waals surface area contributed by atoms with Crippen LogP contribution in [0.3, 0.4) is 0 Å². The van der Waals surface area contributed by atoms with Gasteiger partial charge < -0.3 is 4.98 Å². The fraction of sp³-hybridized carbons (Fsp3) is 0.200. The standard InChI is InChI=1S/C15H14N2OS2/c1-9-6-11-12(7-10(9)2)17-15(16-11)20-8-13(18)14-4-3-5-19-14/h3-7H,8H2,1-2H3,(H,16,17). The number of carbonyl (C=O) groups is 1. The van der Waals surface area contributed by atoms with E-state index in [1.165, 1.54) is 34.2 Å². The van der Waals surface area contributed by atoms with Crippen molar-refractivity contribution in [3.8, 4) is 0 Å². The number of aromatic nitrogens is 2. The Morgan fingerprint density at radius 3 is 2.90 bits per heavy atom. The van der Waals surface area contributed by atoms with E-state index in [4.69, 9.17) is 0 Å². The Hall–Kier alpha value is -1.59. The zero-order valence-electron chi connectivity index (χ0n) is 11.3. The van der Waals surface area contributed by atoms with Crippen LogP contribution >= 0.6 is 23.1 Å². The highest BCUT2D eigenvalue weighted by molar-refractivity contribution is 7.99. The first kappa shape index (κ1) is 13.4. The number of carbonyl (C=O) groups excluding carboxylic acids is 1. The first-order chi connectivity index (χ1) is 9.63. The lowest BCUT2D eigenvalue weighted by molar-refractivity contribution is 0.102. The molecule has 0 unspecified atom stereocenters. The van der Waals surface area contributed by atoms with Gasteiger partial charge in [0.15, 0.2) is 10.9 Å². The van der Waals surface area contributed by atoms with Crippen molar-refractivity contribution < 1.29 is 4.79 Å². The maximum atomic E-state index is 12.0. The predicted molar refractivity (Wildman–Crippen MR) is 84.9 cm³/mol. The van der Waals surface area contributed by atoms with E-state index in [9.17, 15) is 4.79 Å². The van der Waals surface area contributed by atoms with E-state index >= 15 is 0 Å². The van der Waals surface area contributed by atoms with Gasteiger partial charge in [0.1, 0.15) is 0 Å². The molecule has 3 rings (SSSR count). The number of H-pyrrole nitrogens is 1. The minimum absolute atomic E-state index is 0.151. The van der Waals surface area contributed by atoms with Gasteiger partial charge in [-0.25, -0.2) is 4.98 Å². The molecule has 0 atom stereocenters. The summed E-state index contributed by atoms with van der Waals surface area (Å²) in [5, 5.41) is 2.72. The fourth-order valence-electron chi connectivity index (χ4n) is 1.96. The molecule has 0 aliphatic heterocycles. The maximum Gasteiger partial charge on any atom is 0.183 e. The second-order valence-electron chi connectivity index (χ2n) is 4.68. The zero-order valence-corrected chi connectivity index (χ0v) is 12.9. The number of hydrogen-bond acceptors (Lipinski definition) is 4. The molecule has 1 N–H and O–H groups in total. The van der Waals surface area contributed by atoms with Crippen LogP contribution in [0.5, 0.6) is 0 Å². The molecule has 5 heteroatoms. The molecule has 0 amide bonds. The zero-order chi connectivity index (χ0) is 14.1. The van der Waals surface area contributed by atoms with Gasteiger partial charge in [-0.1, -0.05) is 17.8 Å². The van der Waals surface area contributed by atoms with Gasteiger partial charge in [-0.15, -0.1) is 11.3 Å². The van der Waals surface area contributed by atoms with Crippen molar-refractivity contribution in [1.29, 1.82) is 0 Å². The lowest BCUT2D eigenvalue weighted by Gasteiger charge is -1.97. The molecule has 2 heterocycles. The number of thioether (sulfide) groups is 1. The molecule has 0 radical (unpaired) electrons. The van der Waals surface area contributed by atoms with Crippen molar-refractivity contribution >= 4 is 39.9 Å². The molecule has 20 heavy (non-hydrogen) atoms. The number of Topliss-reactive ketones (excluding diaryl/α,β-unsaturated/α-hetero) is 1. The van der Waals surface area contributed by atoms with Crippen LogP contribution in [0.4, 0.5) is 0 Å². The molecule has 0 saturated heterocycles. The third-order valence-electron chi connectivity index (χ3n) is 3.21. The normalized spacial score (nSPS) is 11.1. The van der Waals surface area contributed by atoms with Crippen molar-refractivity contribution in [2.75, 3.05) is 5.75 Å². The first-order valence-electron chi connectivity index (χ1n) is 6.30. The summed E-state index contributed by atoms with van der Waals surface area (Å²) in [4.78, 5) is 20.6. The predicted octanol–water partition coefficient (Wildman–Crippen LogP) is 4.22. The topological polar surface area (TPSA) is 45.8 Å². The number of thiophene rings is 1. The molecule has 3 aromatic rings. The maximum absolute atomic E-state index is 12.0. The molecule has 0 fully saturated rings. The van der Waals surface area contributed by atoms with Crippen LogP contribution < -0.4 is 0 Å². The number of hydrogen-bond donors (Lipinski definition) is 1. The van der Waals surface area contributed by atoms with Gasteiger partial charge in [0.2, 0.25) is 0 Å². The number of nitrogens with one attached hydrogen (secondary N) is 1. The van der Waals surface area contributed by atoms with Gasteiger partial charge >= 0.3 is 0 Å². The lowest BCUT2D eigenvalue weighted by atomic mass is 10.1. The molecule has 2 aromatic heterocycles. The number of imidazole rings is 1. The molecule has 0 saturated carbocycles.